The molecular weight excluding hydrogens is 622 g/mol. The summed E-state index contributed by atoms with van der Waals surface area (Å²) in [6.45, 7) is 0.274. The van der Waals surface area contributed by atoms with Crippen LogP contribution in [-0.4, -0.2) is 22.8 Å². The summed E-state index contributed by atoms with van der Waals surface area (Å²) in [7, 11) is 0. The number of non-ortho nitro benzene ring substituents is 1. The number of carbonyl (C=O) groups excluding carboxylic acids is 3. The number of carbonyl (C=O) groups is 3. The van der Waals surface area contributed by atoms with Crippen molar-refractivity contribution in [3.05, 3.63) is 101 Å². The van der Waals surface area contributed by atoms with Crippen molar-refractivity contribution in [1.82, 2.24) is 5.32 Å². The molecule has 0 atom stereocenters. The number of imide groups is 2. The second kappa shape index (κ2) is 10.6. The smallest absolute Gasteiger partial charge is 0.335 e. The van der Waals surface area contributed by atoms with Gasteiger partial charge >= 0.3 is 6.03 Å². The Kier molecular flexibility index (Phi) is 7.53. The Morgan fingerprint density at radius 1 is 1.03 bits per heavy atom. The van der Waals surface area contributed by atoms with E-state index in [1.807, 2.05) is 12.1 Å². The number of hydrogen-bond acceptors (Lipinski definition) is 6. The van der Waals surface area contributed by atoms with Crippen molar-refractivity contribution in [3.63, 3.8) is 0 Å². The first-order chi connectivity index (χ1) is 17.1. The number of barbiturate groups is 1. The van der Waals surface area contributed by atoms with Crippen molar-refractivity contribution in [2.24, 2.45) is 0 Å². The molecule has 36 heavy (non-hydrogen) atoms. The van der Waals surface area contributed by atoms with Crippen LogP contribution in [0.5, 0.6) is 5.75 Å². The van der Waals surface area contributed by atoms with E-state index < -0.39 is 22.8 Å². The SMILES string of the molecule is O=C1NC(=O)N(c2cccc([N+](=O)[O-])c2)C(=O)/C1=C/c1cc(Br)c(OCc2ccc(Cl)cc2)c(Br)c1. The molecule has 182 valence electrons. The maximum Gasteiger partial charge on any atom is 0.335 e. The Labute approximate surface area is 226 Å². The monoisotopic (exact) mass is 633 g/mol. The highest BCUT2D eigenvalue weighted by molar-refractivity contribution is 9.11. The third-order valence-corrected chi connectivity index (χ3v) is 6.46. The van der Waals surface area contributed by atoms with E-state index in [0.29, 0.717) is 30.2 Å². The van der Waals surface area contributed by atoms with Crippen molar-refractivity contribution in [2.45, 2.75) is 6.61 Å². The second-order valence-corrected chi connectivity index (χ2v) is 9.61. The van der Waals surface area contributed by atoms with Crippen molar-refractivity contribution >= 4 is 78.8 Å². The number of rotatable bonds is 6. The standard InChI is InChI=1S/C24H14Br2ClN3O6/c25-19-9-14(10-20(26)21(19)36-12-13-4-6-15(27)7-5-13)8-18-22(31)28-24(33)29(23(18)32)16-2-1-3-17(11-16)30(34)35/h1-11H,12H2,(H,28,31,33)/b18-8+. The lowest BCUT2D eigenvalue weighted by atomic mass is 10.1. The highest BCUT2D eigenvalue weighted by atomic mass is 79.9. The molecule has 1 saturated heterocycles. The number of benzene rings is 3. The number of nitro benzene ring substituents is 1. The second-order valence-electron chi connectivity index (χ2n) is 7.46. The normalized spacial score (nSPS) is 14.7. The van der Waals surface area contributed by atoms with E-state index in [2.05, 4.69) is 37.2 Å². The zero-order valence-corrected chi connectivity index (χ0v) is 22.0. The van der Waals surface area contributed by atoms with Crippen molar-refractivity contribution in [2.75, 3.05) is 4.90 Å². The Morgan fingerprint density at radius 2 is 1.69 bits per heavy atom. The minimum atomic E-state index is -1.00. The first-order valence-corrected chi connectivity index (χ1v) is 12.1. The van der Waals surface area contributed by atoms with Gasteiger partial charge in [0.05, 0.1) is 19.6 Å². The van der Waals surface area contributed by atoms with E-state index in [9.17, 15) is 24.5 Å². The molecule has 9 nitrogen and oxygen atoms in total. The van der Waals surface area contributed by atoms with Crippen LogP contribution in [-0.2, 0) is 16.2 Å². The molecule has 4 rings (SSSR count). The van der Waals surface area contributed by atoms with Gasteiger partial charge in [-0.1, -0.05) is 29.8 Å². The van der Waals surface area contributed by atoms with Gasteiger partial charge in [0.2, 0.25) is 0 Å². The van der Waals surface area contributed by atoms with E-state index in [1.54, 1.807) is 24.3 Å². The van der Waals surface area contributed by atoms with E-state index in [4.69, 9.17) is 16.3 Å². The maximum absolute atomic E-state index is 13.1. The minimum absolute atomic E-state index is 0.0431. The summed E-state index contributed by atoms with van der Waals surface area (Å²) in [5.41, 5.74) is 0.685. The van der Waals surface area contributed by atoms with Gasteiger partial charge in [0.15, 0.2) is 0 Å². The quantitative estimate of drug-likeness (QED) is 0.153. The molecule has 0 radical (unpaired) electrons. The van der Waals surface area contributed by atoms with Gasteiger partial charge in [0.1, 0.15) is 17.9 Å². The molecule has 0 aliphatic carbocycles. The van der Waals surface area contributed by atoms with Gasteiger partial charge in [-0.15, -0.1) is 0 Å². The Bertz CT molecular complexity index is 1420. The summed E-state index contributed by atoms with van der Waals surface area (Å²) in [6, 6.07) is 14.5. The molecule has 0 spiro atoms. The van der Waals surface area contributed by atoms with Gasteiger partial charge < -0.3 is 4.74 Å². The van der Waals surface area contributed by atoms with E-state index >= 15 is 0 Å². The van der Waals surface area contributed by atoms with Crippen molar-refractivity contribution in [3.8, 4) is 5.75 Å². The summed E-state index contributed by atoms with van der Waals surface area (Å²) in [5, 5.41) is 13.8. The number of ether oxygens (including phenoxy) is 1. The number of halogens is 3. The molecule has 1 N–H and O–H groups in total. The molecule has 0 aromatic heterocycles. The third kappa shape index (κ3) is 5.48. The lowest BCUT2D eigenvalue weighted by Crippen LogP contribution is -2.54. The zero-order valence-electron chi connectivity index (χ0n) is 18.0. The summed E-state index contributed by atoms with van der Waals surface area (Å²) < 4.78 is 6.99. The Morgan fingerprint density at radius 3 is 2.33 bits per heavy atom. The van der Waals surface area contributed by atoms with Crippen molar-refractivity contribution < 1.29 is 24.0 Å². The zero-order chi connectivity index (χ0) is 26.0. The number of nitro groups is 1. The predicted octanol–water partition coefficient (Wildman–Crippen LogP) is 6.02. The summed E-state index contributed by atoms with van der Waals surface area (Å²) in [5.74, 6) is -1.30. The fraction of sp³-hybridized carbons (Fsp3) is 0.0417. The fourth-order valence-corrected chi connectivity index (χ4v) is 4.92. The average Bonchev–Trinajstić information content (AvgIpc) is 2.82. The topological polar surface area (TPSA) is 119 Å². The fourth-order valence-electron chi connectivity index (χ4n) is 3.34. The van der Waals surface area contributed by atoms with Gasteiger partial charge in [-0.05, 0) is 79.4 Å². The van der Waals surface area contributed by atoms with Gasteiger partial charge in [-0.25, -0.2) is 9.69 Å². The minimum Gasteiger partial charge on any atom is -0.487 e. The summed E-state index contributed by atoms with van der Waals surface area (Å²) in [4.78, 5) is 49.1. The first-order valence-electron chi connectivity index (χ1n) is 10.2. The number of nitrogens with zero attached hydrogens (tertiary/aromatic N) is 2. The molecule has 1 fully saturated rings. The third-order valence-electron chi connectivity index (χ3n) is 5.03. The molecule has 1 aliphatic rings. The van der Waals surface area contributed by atoms with Crippen LogP contribution < -0.4 is 15.0 Å². The van der Waals surface area contributed by atoms with Gasteiger partial charge in [0.25, 0.3) is 17.5 Å². The Hall–Kier alpha value is -3.54. The highest BCUT2D eigenvalue weighted by Crippen LogP contribution is 2.36. The van der Waals surface area contributed by atoms with Crippen LogP contribution in [0.3, 0.4) is 0 Å². The molecule has 3 aromatic carbocycles. The number of hydrogen-bond donors (Lipinski definition) is 1. The van der Waals surface area contributed by atoms with Crippen LogP contribution in [0.2, 0.25) is 5.02 Å². The lowest BCUT2D eigenvalue weighted by Gasteiger charge is -2.26. The molecule has 12 heteroatoms. The van der Waals surface area contributed by atoms with Crippen LogP contribution in [0.1, 0.15) is 11.1 Å². The van der Waals surface area contributed by atoms with Gasteiger partial charge in [0, 0.05) is 17.2 Å². The molecule has 0 bridgehead atoms. The number of nitrogens with one attached hydrogen (secondary N) is 1. The van der Waals surface area contributed by atoms with E-state index in [-0.39, 0.29) is 23.6 Å². The highest BCUT2D eigenvalue weighted by Gasteiger charge is 2.37. The lowest BCUT2D eigenvalue weighted by molar-refractivity contribution is -0.384. The number of urea groups is 1. The summed E-state index contributed by atoms with van der Waals surface area (Å²) >= 11 is 12.8. The number of anilines is 1. The molecule has 4 amide bonds. The molecular formula is C24H14Br2ClN3O6. The summed E-state index contributed by atoms with van der Waals surface area (Å²) in [6.07, 6.45) is 1.31. The molecule has 0 saturated carbocycles. The van der Waals surface area contributed by atoms with Crippen LogP contribution in [0, 0.1) is 10.1 Å². The maximum atomic E-state index is 13.1. The van der Waals surface area contributed by atoms with E-state index in [0.717, 1.165) is 11.6 Å². The average molecular weight is 636 g/mol. The van der Waals surface area contributed by atoms with Crippen LogP contribution in [0.15, 0.2) is 75.2 Å². The van der Waals surface area contributed by atoms with Crippen LogP contribution >= 0.6 is 43.5 Å². The van der Waals surface area contributed by atoms with Gasteiger partial charge in [-0.2, -0.15) is 0 Å². The molecule has 3 aromatic rings. The van der Waals surface area contributed by atoms with E-state index in [1.165, 1.54) is 24.3 Å². The van der Waals surface area contributed by atoms with Crippen LogP contribution in [0.4, 0.5) is 16.2 Å². The molecule has 1 aliphatic heterocycles. The number of amides is 4. The molecule has 1 heterocycles. The van der Waals surface area contributed by atoms with Crippen molar-refractivity contribution in [1.29, 1.82) is 0 Å². The molecule has 0 unspecified atom stereocenters. The van der Waals surface area contributed by atoms with Crippen LogP contribution in [0.25, 0.3) is 6.08 Å². The van der Waals surface area contributed by atoms with Gasteiger partial charge in [-0.3, -0.25) is 25.0 Å². The first kappa shape index (κ1) is 25.5. The largest absolute Gasteiger partial charge is 0.487 e. The Balaban J connectivity index is 1.61. The predicted molar refractivity (Wildman–Crippen MR) is 140 cm³/mol.